The minimum Gasteiger partial charge on any atom is -0.494 e. The van der Waals surface area contributed by atoms with Crippen LogP contribution < -0.4 is 4.74 Å². The molecule has 0 saturated carbocycles. The van der Waals surface area contributed by atoms with Crippen molar-refractivity contribution in [2.45, 2.75) is 45.1 Å². The molecule has 1 aliphatic rings. The third-order valence-corrected chi connectivity index (χ3v) is 8.95. The number of nitrogens with zero attached hydrogens (tertiary/aromatic N) is 3. The van der Waals surface area contributed by atoms with Crippen LogP contribution in [0.25, 0.3) is 17.3 Å². The number of benzene rings is 4. The summed E-state index contributed by atoms with van der Waals surface area (Å²) < 4.78 is 45.2. The number of carbonyl (C=O) groups excluding carboxylic acids is 2. The van der Waals surface area contributed by atoms with E-state index in [1.165, 1.54) is 24.3 Å². The van der Waals surface area contributed by atoms with Crippen molar-refractivity contribution in [2.75, 3.05) is 13.2 Å². The Kier molecular flexibility index (Phi) is 10.9. The molecular formula is C42H38F3N3O3. The van der Waals surface area contributed by atoms with Crippen molar-refractivity contribution in [1.82, 2.24) is 14.8 Å². The Morgan fingerprint density at radius 1 is 0.882 bits per heavy atom. The highest BCUT2D eigenvalue weighted by Gasteiger charge is 2.34. The van der Waals surface area contributed by atoms with Gasteiger partial charge in [-0.1, -0.05) is 78.9 Å². The molecule has 5 aromatic rings. The molecule has 2 amide bonds. The molecule has 4 aromatic carbocycles. The van der Waals surface area contributed by atoms with Crippen molar-refractivity contribution >= 4 is 17.9 Å². The van der Waals surface area contributed by atoms with E-state index in [9.17, 15) is 22.8 Å². The van der Waals surface area contributed by atoms with Gasteiger partial charge >= 0.3 is 6.18 Å². The van der Waals surface area contributed by atoms with E-state index < -0.39 is 23.7 Å². The number of hydrogen-bond donors (Lipinski definition) is 0. The van der Waals surface area contributed by atoms with Gasteiger partial charge < -0.3 is 14.5 Å². The maximum atomic E-state index is 14.6. The van der Waals surface area contributed by atoms with Gasteiger partial charge in [-0.25, -0.2) is 0 Å². The van der Waals surface area contributed by atoms with Gasteiger partial charge in [-0.05, 0) is 83.6 Å². The van der Waals surface area contributed by atoms with Crippen LogP contribution in [0.15, 0.2) is 128 Å². The zero-order valence-electron chi connectivity index (χ0n) is 28.2. The summed E-state index contributed by atoms with van der Waals surface area (Å²) in [5.41, 5.74) is 5.25. The van der Waals surface area contributed by atoms with Crippen molar-refractivity contribution in [3.05, 3.63) is 161 Å². The first kappa shape index (κ1) is 35.1. The molecular weight excluding hydrogens is 651 g/mol. The van der Waals surface area contributed by atoms with Gasteiger partial charge in [-0.2, -0.15) is 13.2 Å². The molecule has 6 rings (SSSR count). The van der Waals surface area contributed by atoms with Crippen LogP contribution in [0.5, 0.6) is 5.75 Å². The Hall–Kier alpha value is -5.70. The molecule has 0 aliphatic carbocycles. The van der Waals surface area contributed by atoms with E-state index in [-0.39, 0.29) is 18.9 Å². The zero-order valence-corrected chi connectivity index (χ0v) is 28.2. The van der Waals surface area contributed by atoms with Gasteiger partial charge in [0.2, 0.25) is 11.8 Å². The third-order valence-electron chi connectivity index (χ3n) is 8.95. The lowest BCUT2D eigenvalue weighted by molar-refractivity contribution is -0.144. The molecule has 1 atom stereocenters. The highest BCUT2D eigenvalue weighted by Crippen LogP contribution is 2.30. The lowest BCUT2D eigenvalue weighted by Gasteiger charge is -2.37. The summed E-state index contributed by atoms with van der Waals surface area (Å²) in [5, 5.41) is 0. The molecule has 260 valence electrons. The summed E-state index contributed by atoms with van der Waals surface area (Å²) in [7, 11) is 0. The second-order valence-electron chi connectivity index (χ2n) is 12.4. The fraction of sp³-hybridized carbons (Fsp3) is 0.214. The number of rotatable bonds is 11. The van der Waals surface area contributed by atoms with Crippen LogP contribution in [0.4, 0.5) is 13.2 Å². The van der Waals surface area contributed by atoms with E-state index in [1.54, 1.807) is 16.0 Å². The fourth-order valence-electron chi connectivity index (χ4n) is 6.25. The summed E-state index contributed by atoms with van der Waals surface area (Å²) in [5.74, 6) is 0.181. The molecule has 0 spiro atoms. The minimum absolute atomic E-state index is 0.129. The number of alkyl halides is 3. The lowest BCUT2D eigenvalue weighted by atomic mass is 9.97. The SMILES string of the molecule is CCOc1ccc2c(c1)CCN(C(=O)C(Cc1ccccc1)N(Cc1ccc(-c3ccccn3)cc1)C(=O)/C=C/c1ccc(C(F)(F)F)cc1)C2. The van der Waals surface area contributed by atoms with Gasteiger partial charge in [0.25, 0.3) is 0 Å². The fourth-order valence-corrected chi connectivity index (χ4v) is 6.25. The van der Waals surface area contributed by atoms with Gasteiger partial charge in [0.15, 0.2) is 0 Å². The lowest BCUT2D eigenvalue weighted by Crippen LogP contribution is -2.52. The zero-order chi connectivity index (χ0) is 35.8. The van der Waals surface area contributed by atoms with Crippen molar-refractivity contribution in [1.29, 1.82) is 0 Å². The third kappa shape index (κ3) is 8.91. The molecule has 1 unspecified atom stereocenters. The monoisotopic (exact) mass is 689 g/mol. The van der Waals surface area contributed by atoms with Gasteiger partial charge in [0, 0.05) is 43.9 Å². The first-order chi connectivity index (χ1) is 24.7. The molecule has 9 heteroatoms. The van der Waals surface area contributed by atoms with Crippen LogP contribution >= 0.6 is 0 Å². The predicted octanol–water partition coefficient (Wildman–Crippen LogP) is 8.40. The first-order valence-corrected chi connectivity index (χ1v) is 16.9. The summed E-state index contributed by atoms with van der Waals surface area (Å²) in [6.45, 7) is 3.51. The van der Waals surface area contributed by atoms with E-state index in [4.69, 9.17) is 4.74 Å². The Bertz CT molecular complexity index is 1960. The molecule has 2 heterocycles. The molecule has 0 saturated heterocycles. The average Bonchev–Trinajstić information content (AvgIpc) is 3.15. The topological polar surface area (TPSA) is 62.7 Å². The number of pyridine rings is 1. The molecule has 6 nitrogen and oxygen atoms in total. The van der Waals surface area contributed by atoms with Crippen molar-refractivity contribution in [3.63, 3.8) is 0 Å². The Morgan fingerprint density at radius 3 is 2.31 bits per heavy atom. The number of amides is 2. The first-order valence-electron chi connectivity index (χ1n) is 16.9. The summed E-state index contributed by atoms with van der Waals surface area (Å²) >= 11 is 0. The Balaban J connectivity index is 1.33. The number of halogens is 3. The number of carbonyl (C=O) groups is 2. The molecule has 51 heavy (non-hydrogen) atoms. The second-order valence-corrected chi connectivity index (χ2v) is 12.4. The smallest absolute Gasteiger partial charge is 0.416 e. The largest absolute Gasteiger partial charge is 0.494 e. The molecule has 0 bridgehead atoms. The van der Waals surface area contributed by atoms with Crippen molar-refractivity contribution < 1.29 is 27.5 Å². The van der Waals surface area contributed by atoms with E-state index in [0.717, 1.165) is 51.4 Å². The number of ether oxygens (including phenoxy) is 1. The van der Waals surface area contributed by atoms with Crippen LogP contribution in [0.1, 0.15) is 40.3 Å². The Labute approximate surface area is 295 Å². The standard InChI is InChI=1S/C42H38F3N3O3/c1-2-51-37-21-18-35-29-47(25-23-34(35)27-37)41(50)39(26-31-8-4-3-5-9-31)48(28-32-11-16-33(17-12-32)38-10-6-7-24-46-38)40(49)22-15-30-13-19-36(20-14-30)42(43,44)45/h3-22,24,27,39H,2,23,25-26,28-29H2,1H3/b22-15+. The minimum atomic E-state index is -4.47. The number of fused-ring (bicyclic) bond motifs is 1. The predicted molar refractivity (Wildman–Crippen MR) is 191 cm³/mol. The van der Waals surface area contributed by atoms with Crippen LogP contribution in [0.3, 0.4) is 0 Å². The quantitative estimate of drug-likeness (QED) is 0.131. The maximum Gasteiger partial charge on any atom is 0.416 e. The van der Waals surface area contributed by atoms with Crippen LogP contribution in [-0.4, -0.2) is 45.8 Å². The molecule has 0 N–H and O–H groups in total. The van der Waals surface area contributed by atoms with Gasteiger partial charge in [0.1, 0.15) is 11.8 Å². The van der Waals surface area contributed by atoms with Crippen LogP contribution in [-0.2, 0) is 41.7 Å². The number of hydrogen-bond acceptors (Lipinski definition) is 4. The molecule has 1 aliphatic heterocycles. The van der Waals surface area contributed by atoms with Gasteiger partial charge in [0.05, 0.1) is 17.9 Å². The van der Waals surface area contributed by atoms with E-state index in [1.807, 2.05) is 97.9 Å². The van der Waals surface area contributed by atoms with Gasteiger partial charge in [-0.3, -0.25) is 14.6 Å². The van der Waals surface area contributed by atoms with Crippen LogP contribution in [0, 0.1) is 0 Å². The second kappa shape index (κ2) is 15.9. The van der Waals surface area contributed by atoms with Crippen molar-refractivity contribution in [2.24, 2.45) is 0 Å². The average molecular weight is 690 g/mol. The van der Waals surface area contributed by atoms with E-state index in [0.29, 0.717) is 31.7 Å². The molecule has 0 radical (unpaired) electrons. The maximum absolute atomic E-state index is 14.6. The van der Waals surface area contributed by atoms with E-state index in [2.05, 4.69) is 4.98 Å². The van der Waals surface area contributed by atoms with Crippen LogP contribution in [0.2, 0.25) is 0 Å². The highest BCUT2D eigenvalue weighted by atomic mass is 19.4. The normalized spacial score (nSPS) is 13.5. The van der Waals surface area contributed by atoms with E-state index >= 15 is 0 Å². The number of aromatic nitrogens is 1. The summed E-state index contributed by atoms with van der Waals surface area (Å²) in [6.07, 6.45) is 0.999. The molecule has 0 fully saturated rings. The summed E-state index contributed by atoms with van der Waals surface area (Å²) in [4.78, 5) is 36.6. The van der Waals surface area contributed by atoms with Gasteiger partial charge in [-0.15, -0.1) is 0 Å². The highest BCUT2D eigenvalue weighted by molar-refractivity contribution is 5.96. The van der Waals surface area contributed by atoms with Crippen molar-refractivity contribution in [3.8, 4) is 17.0 Å². The Morgan fingerprint density at radius 2 is 1.63 bits per heavy atom. The molecule has 1 aromatic heterocycles. The summed E-state index contributed by atoms with van der Waals surface area (Å²) in [6, 6.07) is 32.6.